The Morgan fingerprint density at radius 2 is 2.24 bits per heavy atom. The molecule has 0 aliphatic carbocycles. The quantitative estimate of drug-likeness (QED) is 0.877. The van der Waals surface area contributed by atoms with Crippen molar-refractivity contribution in [2.24, 2.45) is 0 Å². The molecular weight excluding hydrogens is 236 g/mol. The summed E-state index contributed by atoms with van der Waals surface area (Å²) in [6.07, 6.45) is 1.49. The van der Waals surface area contributed by atoms with E-state index in [2.05, 4.69) is 34.3 Å². The van der Waals surface area contributed by atoms with Gasteiger partial charge in [-0.3, -0.25) is 0 Å². The standard InChI is InChI=1S/C12H13ClN4/c1-8-3-2-4-9(5-8)6-15-11-10(13)7-16-12(14)17-11/h2-5,7H,6H2,1H3,(H3,14,15,16,17). The number of hydrogen-bond donors (Lipinski definition) is 2. The number of nitrogens with zero attached hydrogens (tertiary/aromatic N) is 2. The van der Waals surface area contributed by atoms with Crippen LogP contribution in [0.4, 0.5) is 11.8 Å². The molecule has 2 rings (SSSR count). The van der Waals surface area contributed by atoms with Crippen LogP contribution in [0, 0.1) is 6.92 Å². The molecule has 5 heteroatoms. The molecule has 2 aromatic rings. The van der Waals surface area contributed by atoms with Crippen LogP contribution in [0.3, 0.4) is 0 Å². The number of benzene rings is 1. The van der Waals surface area contributed by atoms with Crippen LogP contribution in [0.5, 0.6) is 0 Å². The molecule has 0 unspecified atom stereocenters. The van der Waals surface area contributed by atoms with E-state index in [1.54, 1.807) is 0 Å². The van der Waals surface area contributed by atoms with Gasteiger partial charge in [-0.15, -0.1) is 0 Å². The fourth-order valence-corrected chi connectivity index (χ4v) is 1.67. The molecule has 0 fully saturated rings. The van der Waals surface area contributed by atoms with Gasteiger partial charge in [0.25, 0.3) is 0 Å². The molecule has 88 valence electrons. The molecular formula is C12H13ClN4. The Morgan fingerprint density at radius 1 is 1.41 bits per heavy atom. The molecule has 0 aliphatic rings. The lowest BCUT2D eigenvalue weighted by atomic mass is 10.1. The second-order valence-corrected chi connectivity index (χ2v) is 4.17. The van der Waals surface area contributed by atoms with Crippen LogP contribution in [0.15, 0.2) is 30.5 Å². The highest BCUT2D eigenvalue weighted by molar-refractivity contribution is 6.32. The molecule has 0 saturated heterocycles. The van der Waals surface area contributed by atoms with Crippen molar-refractivity contribution in [3.63, 3.8) is 0 Å². The number of aromatic nitrogens is 2. The Morgan fingerprint density at radius 3 is 3.00 bits per heavy atom. The molecule has 1 aromatic heterocycles. The van der Waals surface area contributed by atoms with Gasteiger partial charge in [0.05, 0.1) is 6.20 Å². The van der Waals surface area contributed by atoms with Gasteiger partial charge in [-0.05, 0) is 12.5 Å². The molecule has 0 saturated carbocycles. The van der Waals surface area contributed by atoms with Crippen LogP contribution in [0.25, 0.3) is 0 Å². The fraction of sp³-hybridized carbons (Fsp3) is 0.167. The highest BCUT2D eigenvalue weighted by Crippen LogP contribution is 2.19. The zero-order valence-corrected chi connectivity index (χ0v) is 10.2. The first-order valence-corrected chi connectivity index (χ1v) is 5.60. The maximum atomic E-state index is 5.95. The van der Waals surface area contributed by atoms with E-state index in [1.165, 1.54) is 17.3 Å². The number of nitrogens with one attached hydrogen (secondary N) is 1. The van der Waals surface area contributed by atoms with Crippen LogP contribution < -0.4 is 11.1 Å². The van der Waals surface area contributed by atoms with Crippen molar-refractivity contribution in [1.29, 1.82) is 0 Å². The lowest BCUT2D eigenvalue weighted by Gasteiger charge is -2.08. The summed E-state index contributed by atoms with van der Waals surface area (Å²) < 4.78 is 0. The van der Waals surface area contributed by atoms with Crippen molar-refractivity contribution in [2.75, 3.05) is 11.1 Å². The number of aryl methyl sites for hydroxylation is 1. The van der Waals surface area contributed by atoms with Gasteiger partial charge in [0, 0.05) is 6.54 Å². The van der Waals surface area contributed by atoms with Gasteiger partial charge in [0.1, 0.15) is 5.02 Å². The van der Waals surface area contributed by atoms with Crippen LogP contribution in [-0.2, 0) is 6.54 Å². The Hall–Kier alpha value is -1.81. The minimum atomic E-state index is 0.209. The molecule has 1 heterocycles. The molecule has 0 atom stereocenters. The minimum absolute atomic E-state index is 0.209. The van der Waals surface area contributed by atoms with Crippen LogP contribution in [-0.4, -0.2) is 9.97 Å². The highest BCUT2D eigenvalue weighted by Gasteiger charge is 2.03. The summed E-state index contributed by atoms with van der Waals surface area (Å²) in [5, 5.41) is 3.60. The van der Waals surface area contributed by atoms with Gasteiger partial charge in [-0.2, -0.15) is 4.98 Å². The van der Waals surface area contributed by atoms with E-state index >= 15 is 0 Å². The lowest BCUT2D eigenvalue weighted by Crippen LogP contribution is -2.04. The van der Waals surface area contributed by atoms with Gasteiger partial charge in [-0.1, -0.05) is 41.4 Å². The Balaban J connectivity index is 2.09. The van der Waals surface area contributed by atoms with Crippen molar-refractivity contribution in [1.82, 2.24) is 9.97 Å². The first-order chi connectivity index (χ1) is 8.15. The third-order valence-corrected chi connectivity index (χ3v) is 2.58. The average molecular weight is 249 g/mol. The van der Waals surface area contributed by atoms with E-state index in [4.69, 9.17) is 17.3 Å². The smallest absolute Gasteiger partial charge is 0.222 e. The van der Waals surface area contributed by atoms with E-state index in [-0.39, 0.29) is 5.95 Å². The predicted octanol–water partition coefficient (Wildman–Crippen LogP) is 2.63. The number of anilines is 2. The molecule has 0 amide bonds. The van der Waals surface area contributed by atoms with Crippen LogP contribution >= 0.6 is 11.6 Å². The monoisotopic (exact) mass is 248 g/mol. The van der Waals surface area contributed by atoms with Crippen molar-refractivity contribution >= 4 is 23.4 Å². The first-order valence-electron chi connectivity index (χ1n) is 5.22. The number of halogens is 1. The Bertz CT molecular complexity index is 528. The Kier molecular flexibility index (Phi) is 3.44. The lowest BCUT2D eigenvalue weighted by molar-refractivity contribution is 1.09. The number of rotatable bonds is 3. The van der Waals surface area contributed by atoms with Crippen molar-refractivity contribution in [2.45, 2.75) is 13.5 Å². The molecule has 1 aromatic carbocycles. The zero-order valence-electron chi connectivity index (χ0n) is 9.44. The van der Waals surface area contributed by atoms with Crippen molar-refractivity contribution in [3.05, 3.63) is 46.6 Å². The first kappa shape index (κ1) is 11.7. The van der Waals surface area contributed by atoms with Crippen LogP contribution in [0.2, 0.25) is 5.02 Å². The van der Waals surface area contributed by atoms with Crippen molar-refractivity contribution in [3.8, 4) is 0 Å². The third-order valence-electron chi connectivity index (χ3n) is 2.31. The summed E-state index contributed by atoms with van der Waals surface area (Å²) in [7, 11) is 0. The van der Waals surface area contributed by atoms with Gasteiger partial charge in [-0.25, -0.2) is 4.98 Å². The topological polar surface area (TPSA) is 63.8 Å². The molecule has 0 radical (unpaired) electrons. The van der Waals surface area contributed by atoms with E-state index in [0.717, 1.165) is 0 Å². The second-order valence-electron chi connectivity index (χ2n) is 3.77. The largest absolute Gasteiger partial charge is 0.368 e. The fourth-order valence-electron chi connectivity index (χ4n) is 1.51. The number of nitrogens with two attached hydrogens (primary N) is 1. The normalized spacial score (nSPS) is 10.2. The molecule has 0 spiro atoms. The summed E-state index contributed by atoms with van der Waals surface area (Å²) in [6, 6.07) is 8.21. The summed E-state index contributed by atoms with van der Waals surface area (Å²) in [5.41, 5.74) is 7.88. The minimum Gasteiger partial charge on any atom is -0.368 e. The van der Waals surface area contributed by atoms with E-state index in [1.807, 2.05) is 12.1 Å². The highest BCUT2D eigenvalue weighted by atomic mass is 35.5. The summed E-state index contributed by atoms with van der Waals surface area (Å²) in [4.78, 5) is 7.84. The number of hydrogen-bond acceptors (Lipinski definition) is 4. The van der Waals surface area contributed by atoms with Gasteiger partial charge in [0.2, 0.25) is 5.95 Å². The average Bonchev–Trinajstić information content (AvgIpc) is 2.30. The van der Waals surface area contributed by atoms with Crippen LogP contribution in [0.1, 0.15) is 11.1 Å². The molecule has 0 bridgehead atoms. The van der Waals surface area contributed by atoms with E-state index in [9.17, 15) is 0 Å². The molecule has 3 N–H and O–H groups in total. The van der Waals surface area contributed by atoms with E-state index < -0.39 is 0 Å². The summed E-state index contributed by atoms with van der Waals surface area (Å²) in [5.74, 6) is 0.766. The Labute approximate surface area is 105 Å². The van der Waals surface area contributed by atoms with Crippen molar-refractivity contribution < 1.29 is 0 Å². The maximum absolute atomic E-state index is 5.95. The second kappa shape index (κ2) is 5.01. The summed E-state index contributed by atoms with van der Waals surface area (Å²) in [6.45, 7) is 2.71. The zero-order chi connectivity index (χ0) is 12.3. The van der Waals surface area contributed by atoms with E-state index in [0.29, 0.717) is 17.4 Å². The molecule has 0 aliphatic heterocycles. The van der Waals surface area contributed by atoms with Gasteiger partial charge in [0.15, 0.2) is 5.82 Å². The van der Waals surface area contributed by atoms with Gasteiger partial charge >= 0.3 is 0 Å². The molecule has 4 nitrogen and oxygen atoms in total. The van der Waals surface area contributed by atoms with Gasteiger partial charge < -0.3 is 11.1 Å². The SMILES string of the molecule is Cc1cccc(CNc2nc(N)ncc2Cl)c1. The summed E-state index contributed by atoms with van der Waals surface area (Å²) >= 11 is 5.95. The third kappa shape index (κ3) is 3.07. The maximum Gasteiger partial charge on any atom is 0.222 e. The molecule has 17 heavy (non-hydrogen) atoms. The predicted molar refractivity (Wildman–Crippen MR) is 70.0 cm³/mol. The number of nitrogen functional groups attached to an aromatic ring is 1.